The third-order valence-electron chi connectivity index (χ3n) is 3.58. The van der Waals surface area contributed by atoms with Crippen molar-refractivity contribution >= 4 is 27.6 Å². The van der Waals surface area contributed by atoms with E-state index in [0.717, 1.165) is 16.5 Å². The number of hydrogen-bond acceptors (Lipinski definition) is 3. The Morgan fingerprint density at radius 1 is 1.43 bits per heavy atom. The Hall–Kier alpha value is -1.66. The molecule has 3 unspecified atom stereocenters. The maximum atomic E-state index is 12.0. The fourth-order valence-corrected chi connectivity index (χ4v) is 2.44. The predicted molar refractivity (Wildman–Crippen MR) is 86.5 cm³/mol. The van der Waals surface area contributed by atoms with E-state index in [1.807, 2.05) is 37.4 Å². The molecule has 1 aromatic carbocycles. The van der Waals surface area contributed by atoms with Gasteiger partial charge in [-0.05, 0) is 25.0 Å². The van der Waals surface area contributed by atoms with E-state index in [-0.39, 0.29) is 11.2 Å². The summed E-state index contributed by atoms with van der Waals surface area (Å²) in [7, 11) is -0.951. The van der Waals surface area contributed by atoms with Crippen molar-refractivity contribution in [1.29, 1.82) is 0 Å². The van der Waals surface area contributed by atoms with E-state index in [2.05, 4.69) is 10.3 Å². The molecule has 0 aliphatic heterocycles. The Bertz CT molecular complexity index is 653. The van der Waals surface area contributed by atoms with Crippen LogP contribution in [0.4, 0.5) is 0 Å². The van der Waals surface area contributed by atoms with Crippen LogP contribution in [0.25, 0.3) is 10.9 Å². The lowest BCUT2D eigenvalue weighted by Gasteiger charge is -2.14. The normalized spacial score (nSPS) is 15.6. The molecule has 0 bridgehead atoms. The lowest BCUT2D eigenvalue weighted by atomic mass is 10.1. The first kappa shape index (κ1) is 15.7. The van der Waals surface area contributed by atoms with E-state index in [4.69, 9.17) is 5.73 Å². The smallest absolute Gasteiger partial charge is 0.237 e. The third kappa shape index (κ3) is 3.92. The first-order valence-electron chi connectivity index (χ1n) is 6.89. The number of nitrogens with two attached hydrogens (primary N) is 1. The number of para-hydroxylation sites is 1. The summed E-state index contributed by atoms with van der Waals surface area (Å²) < 4.78 is 11.3. The number of carbonyl (C=O) groups is 1. The molecule has 5 nitrogen and oxygen atoms in total. The van der Waals surface area contributed by atoms with Crippen LogP contribution >= 0.6 is 0 Å². The van der Waals surface area contributed by atoms with Gasteiger partial charge >= 0.3 is 0 Å². The standard InChI is InChI=1S/C15H21N3O2S/c1-10(21(2)20)8-18-15(19)13(16)7-11-9-17-14-6-4-3-5-12(11)14/h3-6,9-10,13,17H,7-8,16H2,1-2H3,(H,18,19). The van der Waals surface area contributed by atoms with Crippen molar-refractivity contribution in [2.75, 3.05) is 12.8 Å². The van der Waals surface area contributed by atoms with Crippen LogP contribution in [0.15, 0.2) is 30.5 Å². The molecule has 4 N–H and O–H groups in total. The average molecular weight is 307 g/mol. The van der Waals surface area contributed by atoms with Crippen molar-refractivity contribution in [3.05, 3.63) is 36.0 Å². The molecule has 0 aliphatic rings. The van der Waals surface area contributed by atoms with Gasteiger partial charge in [0, 0.05) is 45.9 Å². The summed E-state index contributed by atoms with van der Waals surface area (Å²) in [5.74, 6) is -0.211. The molecule has 6 heteroatoms. The van der Waals surface area contributed by atoms with E-state index in [1.165, 1.54) is 0 Å². The largest absolute Gasteiger partial charge is 0.361 e. The number of benzene rings is 1. The fraction of sp³-hybridized carbons (Fsp3) is 0.400. The maximum absolute atomic E-state index is 12.0. The van der Waals surface area contributed by atoms with Crippen molar-refractivity contribution < 1.29 is 9.00 Å². The van der Waals surface area contributed by atoms with Gasteiger partial charge in [0.1, 0.15) is 0 Å². The van der Waals surface area contributed by atoms with Crippen molar-refractivity contribution in [2.45, 2.75) is 24.6 Å². The van der Waals surface area contributed by atoms with E-state index >= 15 is 0 Å². The number of rotatable bonds is 6. The molecule has 0 saturated heterocycles. The maximum Gasteiger partial charge on any atom is 0.237 e. The Balaban J connectivity index is 1.96. The summed E-state index contributed by atoms with van der Waals surface area (Å²) in [6.45, 7) is 2.21. The van der Waals surface area contributed by atoms with Crippen LogP contribution in [0, 0.1) is 0 Å². The van der Waals surface area contributed by atoms with Gasteiger partial charge in [0.15, 0.2) is 0 Å². The summed E-state index contributed by atoms with van der Waals surface area (Å²) in [5.41, 5.74) is 8.03. The lowest BCUT2D eigenvalue weighted by Crippen LogP contribution is -2.44. The second-order valence-corrected chi connectivity index (χ2v) is 7.03. The number of amides is 1. The Labute approximate surface area is 126 Å². The van der Waals surface area contributed by atoms with Crippen LogP contribution in [-0.4, -0.2) is 39.2 Å². The number of aromatic nitrogens is 1. The zero-order chi connectivity index (χ0) is 15.4. The minimum Gasteiger partial charge on any atom is -0.361 e. The SMILES string of the molecule is CC(CNC(=O)C(N)Cc1c[nH]c2ccccc12)S(C)=O. The second-order valence-electron chi connectivity index (χ2n) is 5.22. The Kier molecular flexibility index (Phi) is 5.14. The summed E-state index contributed by atoms with van der Waals surface area (Å²) in [6.07, 6.45) is 3.99. The van der Waals surface area contributed by atoms with Crippen molar-refractivity contribution in [3.63, 3.8) is 0 Å². The van der Waals surface area contributed by atoms with Gasteiger partial charge in [0.05, 0.1) is 6.04 Å². The molecular formula is C15H21N3O2S. The average Bonchev–Trinajstić information content (AvgIpc) is 2.87. The highest BCUT2D eigenvalue weighted by Gasteiger charge is 2.17. The Morgan fingerprint density at radius 3 is 2.86 bits per heavy atom. The molecule has 1 heterocycles. The van der Waals surface area contributed by atoms with Crippen molar-refractivity contribution in [1.82, 2.24) is 10.3 Å². The van der Waals surface area contributed by atoms with Gasteiger partial charge in [0.2, 0.25) is 5.91 Å². The first-order chi connectivity index (χ1) is 9.99. The van der Waals surface area contributed by atoms with Gasteiger partial charge in [-0.25, -0.2) is 0 Å². The summed E-state index contributed by atoms with van der Waals surface area (Å²) in [6, 6.07) is 7.31. The van der Waals surface area contributed by atoms with Gasteiger partial charge in [-0.15, -0.1) is 0 Å². The molecule has 0 aliphatic carbocycles. The van der Waals surface area contributed by atoms with Gasteiger partial charge in [-0.2, -0.15) is 0 Å². The van der Waals surface area contributed by atoms with Crippen LogP contribution in [0.3, 0.4) is 0 Å². The van der Waals surface area contributed by atoms with Crippen molar-refractivity contribution in [2.24, 2.45) is 5.73 Å². The minimum atomic E-state index is -0.951. The molecule has 3 atom stereocenters. The van der Waals surface area contributed by atoms with Gasteiger partial charge in [-0.3, -0.25) is 9.00 Å². The van der Waals surface area contributed by atoms with E-state index < -0.39 is 16.8 Å². The molecular weight excluding hydrogens is 286 g/mol. The van der Waals surface area contributed by atoms with Gasteiger partial charge < -0.3 is 16.0 Å². The quantitative estimate of drug-likeness (QED) is 0.741. The second kappa shape index (κ2) is 6.87. The zero-order valence-corrected chi connectivity index (χ0v) is 13.1. The lowest BCUT2D eigenvalue weighted by molar-refractivity contribution is -0.122. The number of hydrogen-bond donors (Lipinski definition) is 3. The topological polar surface area (TPSA) is 88.0 Å². The van der Waals surface area contributed by atoms with Crippen LogP contribution in [0.1, 0.15) is 12.5 Å². The molecule has 0 radical (unpaired) electrons. The molecule has 114 valence electrons. The molecule has 0 spiro atoms. The summed E-state index contributed by atoms with van der Waals surface area (Å²) in [5, 5.41) is 3.77. The fourth-order valence-electron chi connectivity index (χ4n) is 2.12. The third-order valence-corrected chi connectivity index (χ3v) is 4.88. The highest BCUT2D eigenvalue weighted by Crippen LogP contribution is 2.18. The number of fused-ring (bicyclic) bond motifs is 1. The van der Waals surface area contributed by atoms with Gasteiger partial charge in [0.25, 0.3) is 0 Å². The minimum absolute atomic E-state index is 0.0748. The summed E-state index contributed by atoms with van der Waals surface area (Å²) >= 11 is 0. The number of carbonyl (C=O) groups excluding carboxylic acids is 1. The number of nitrogens with one attached hydrogen (secondary N) is 2. The monoisotopic (exact) mass is 307 g/mol. The van der Waals surface area contributed by atoms with Crippen LogP contribution < -0.4 is 11.1 Å². The molecule has 2 rings (SSSR count). The van der Waals surface area contributed by atoms with E-state index in [9.17, 15) is 9.00 Å². The number of H-pyrrole nitrogens is 1. The molecule has 0 saturated carbocycles. The molecule has 1 aromatic heterocycles. The zero-order valence-electron chi connectivity index (χ0n) is 12.3. The Morgan fingerprint density at radius 2 is 2.14 bits per heavy atom. The molecule has 1 amide bonds. The summed E-state index contributed by atoms with van der Waals surface area (Å²) in [4.78, 5) is 15.2. The molecule has 2 aromatic rings. The van der Waals surface area contributed by atoms with Crippen LogP contribution in [0.2, 0.25) is 0 Å². The number of aromatic amines is 1. The van der Waals surface area contributed by atoms with Gasteiger partial charge in [-0.1, -0.05) is 18.2 Å². The van der Waals surface area contributed by atoms with E-state index in [1.54, 1.807) is 6.26 Å². The highest BCUT2D eigenvalue weighted by molar-refractivity contribution is 7.84. The molecule has 21 heavy (non-hydrogen) atoms. The van der Waals surface area contributed by atoms with Crippen LogP contribution in [0.5, 0.6) is 0 Å². The predicted octanol–water partition coefficient (Wildman–Crippen LogP) is 0.921. The first-order valence-corrected chi connectivity index (χ1v) is 8.51. The van der Waals surface area contributed by atoms with E-state index in [0.29, 0.717) is 13.0 Å². The van der Waals surface area contributed by atoms with Crippen LogP contribution in [-0.2, 0) is 22.0 Å². The van der Waals surface area contributed by atoms with Crippen molar-refractivity contribution in [3.8, 4) is 0 Å². The molecule has 0 fully saturated rings. The highest BCUT2D eigenvalue weighted by atomic mass is 32.2.